The van der Waals surface area contributed by atoms with E-state index in [-0.39, 0.29) is 79.6 Å². The lowest BCUT2D eigenvalue weighted by Gasteiger charge is -2.36. The second-order valence-electron chi connectivity index (χ2n) is 35.8. The van der Waals surface area contributed by atoms with E-state index in [9.17, 15) is 133 Å². The number of terminal acetylenes is 2. The number of rotatable bonds is 15. The highest BCUT2D eigenvalue weighted by molar-refractivity contribution is 5.93. The molecule has 0 saturated carbocycles. The predicted molar refractivity (Wildman–Crippen MR) is 475 cm³/mol. The molecule has 25 N–H and O–H groups in total. The van der Waals surface area contributed by atoms with Crippen LogP contribution in [0.3, 0.4) is 0 Å². The third kappa shape index (κ3) is 19.5. The van der Waals surface area contributed by atoms with Gasteiger partial charge in [0.25, 0.3) is 69.2 Å². The van der Waals surface area contributed by atoms with Crippen LogP contribution in [0.2, 0.25) is 0 Å². The zero-order valence-corrected chi connectivity index (χ0v) is 78.6. The number of fused-ring (bicyclic) bond motifs is 4. The number of nitrogens with zero attached hydrogens (tertiary/aromatic N) is 16. The van der Waals surface area contributed by atoms with Gasteiger partial charge in [0.15, 0.2) is 135 Å². The number of alkyl halides is 11. The Morgan fingerprint density at radius 1 is 0.399 bits per heavy atom. The van der Waals surface area contributed by atoms with Crippen molar-refractivity contribution in [1.82, 2.24) is 103 Å². The van der Waals surface area contributed by atoms with Crippen LogP contribution in [0.4, 0.5) is 48.3 Å². The number of halogens is 11. The summed E-state index contributed by atoms with van der Waals surface area (Å²) < 4.78 is 195. The summed E-state index contributed by atoms with van der Waals surface area (Å²) in [6.45, 7) is 12.6. The van der Waals surface area contributed by atoms with Gasteiger partial charge in [0, 0.05) is 30.8 Å². The van der Waals surface area contributed by atoms with Gasteiger partial charge in [-0.2, -0.15) is 0 Å². The zero-order chi connectivity index (χ0) is 111. The van der Waals surface area contributed by atoms with Crippen LogP contribution >= 0.6 is 0 Å². The summed E-state index contributed by atoms with van der Waals surface area (Å²) in [5.74, 6) is -13.8. The summed E-state index contributed by atoms with van der Waals surface area (Å²) in [5.41, 5.74) is -15.3. The molecule has 10 aliphatic heterocycles. The molecular weight excluding hydrogens is 2020 g/mol. The summed E-state index contributed by atoms with van der Waals surface area (Å²) in [4.78, 5) is 118. The summed E-state index contributed by atoms with van der Waals surface area (Å²) in [5, 5.41) is 168. The Hall–Kier alpha value is -13.0. The van der Waals surface area contributed by atoms with Gasteiger partial charge in [0.1, 0.15) is 116 Å². The second kappa shape index (κ2) is 40.5. The van der Waals surface area contributed by atoms with Crippen molar-refractivity contribution >= 4 is 62.3 Å². The molecule has 0 radical (unpaired) electrons. The van der Waals surface area contributed by atoms with Crippen LogP contribution in [-0.4, -0.2) is 392 Å². The number of hydrogen-bond acceptors (Lipinski definition) is 43. The number of aryl methyl sites for hydroxylation is 4. The smallest absolute Gasteiger partial charge is 0.279 e. The Kier molecular flexibility index (Phi) is 31.1. The highest BCUT2D eigenvalue weighted by Crippen LogP contribution is 2.53. The van der Waals surface area contributed by atoms with Crippen LogP contribution < -0.4 is 38.6 Å². The molecule has 2 amide bonds. The minimum absolute atomic E-state index is 0.00971. The molecule has 64 heteroatoms. The zero-order valence-electron chi connectivity index (χ0n) is 78.6. The molecule has 8 aromatic rings. The van der Waals surface area contributed by atoms with Crippen molar-refractivity contribution in [3.8, 4) is 24.7 Å². The van der Waals surface area contributed by atoms with Crippen LogP contribution in [0.25, 0.3) is 44.7 Å². The number of aliphatic imine (C=N–C) groups is 1. The van der Waals surface area contributed by atoms with Crippen LogP contribution in [0.15, 0.2) is 124 Å². The van der Waals surface area contributed by atoms with Crippen molar-refractivity contribution < 1.29 is 178 Å². The van der Waals surface area contributed by atoms with Crippen molar-refractivity contribution in [3.63, 3.8) is 0 Å². The van der Waals surface area contributed by atoms with E-state index in [2.05, 4.69) is 95.2 Å². The number of aliphatic hydroxyl groups is 17. The Balaban J connectivity index is 0.000000154. The fourth-order valence-electron chi connectivity index (χ4n) is 16.8. The van der Waals surface area contributed by atoms with Gasteiger partial charge in [-0.3, -0.25) is 47.0 Å². The van der Waals surface area contributed by atoms with Gasteiger partial charge in [0.05, 0.1) is 31.9 Å². The third-order valence-electron chi connectivity index (χ3n) is 24.9. The maximum Gasteiger partial charge on any atom is 0.279 e. The summed E-state index contributed by atoms with van der Waals surface area (Å²) in [6, 6.07) is 0. The van der Waals surface area contributed by atoms with Crippen molar-refractivity contribution in [2.45, 2.75) is 229 Å². The van der Waals surface area contributed by atoms with Crippen LogP contribution in [-0.2, 0) is 42.7 Å². The highest BCUT2D eigenvalue weighted by Gasteiger charge is 2.72. The number of aromatic nitrogens is 16. The van der Waals surface area contributed by atoms with Crippen molar-refractivity contribution in [1.29, 1.82) is 0 Å². The third-order valence-corrected chi connectivity index (χ3v) is 24.9. The van der Waals surface area contributed by atoms with E-state index in [1.165, 1.54) is 56.3 Å². The maximum atomic E-state index is 14.8. The van der Waals surface area contributed by atoms with Crippen molar-refractivity contribution in [3.05, 3.63) is 164 Å². The molecule has 0 spiro atoms. The minimum Gasteiger partial charge on any atom is -0.393 e. The molecule has 0 aliphatic carbocycles. The molecular formula is C84H100F11N23O30. The molecule has 18 rings (SSSR count). The first-order chi connectivity index (χ1) is 68.7. The van der Waals surface area contributed by atoms with Crippen molar-refractivity contribution in [2.24, 2.45) is 10.7 Å². The predicted octanol–water partition coefficient (Wildman–Crippen LogP) is -6.09. The van der Waals surface area contributed by atoms with E-state index in [1.54, 1.807) is 19.8 Å². The minimum atomic E-state index is -3.20. The number of aliphatic hydroxyl groups excluding tert-OH is 13. The second-order valence-corrected chi connectivity index (χ2v) is 35.8. The summed E-state index contributed by atoms with van der Waals surface area (Å²) >= 11 is 0. The Morgan fingerprint density at radius 3 is 1.01 bits per heavy atom. The van der Waals surface area contributed by atoms with E-state index in [1.807, 2.05) is 5.92 Å². The molecule has 18 heterocycles. The number of carbonyl (C=O) groups is 2. The van der Waals surface area contributed by atoms with Gasteiger partial charge in [-0.25, -0.2) is 93.2 Å². The van der Waals surface area contributed by atoms with Gasteiger partial charge in [0.2, 0.25) is 17.4 Å². The number of nitrogens with two attached hydrogens (primary N) is 1. The Morgan fingerprint density at radius 2 is 0.689 bits per heavy atom. The molecule has 0 bridgehead atoms. The monoisotopic (exact) mass is 2120 g/mol. The summed E-state index contributed by atoms with van der Waals surface area (Å²) in [7, 11) is 0. The topological polar surface area (TPSA) is 769 Å². The number of amides is 2. The molecule has 7 saturated heterocycles. The Labute approximate surface area is 822 Å². The standard InChI is InChI=1S/C13H12F2N4O4.C13H17FN4O5.C12H14F2N4O4.C12H15FN4O5.C12H13FN2O5.C11H15F2N3O3.C11H14F2N2O4/c1-3-12(22)10(14)13(15,4-20)23-11(12)19-5-16-7-8(19)17-6(2)18-9(7)21;1-6-16-8-7(9(20)17-6)15-5-18(8)11-12(2,22)10(21)13(3-14,4-19)23-11;1-5-16-7-6(8(20)17-5)15-4-18(7)10-11(2,13)9(21)12(14,3-19)22-10;1-5-15-7-6(8(19)16-5)14-4-17(7)10-11(2,21)9(20)12(13,3-18)22-10;1-3-11(19)9(18)12(13,6-16)20-10(11)15-5-4-8(17)14-7(15)2;1-6-15-7(14)3-4-16(6)9-10(2,12)8(18)11(13,5-17)19-9;1-6-14-7(17)3-4-15(6)9-10(2,12)8(18)11(13,5-16)19-9/h1,5,10-11,20,22H,4H2,2H3,(H,17,18,21);5,10-11,19,21-22H,3-4H2,1-2H3,(H,16,17,20);4,9-10,19,21H,3H2,1-2H3,(H,16,17,20);4,9-10,18,20-21H,3H2,1-2H3,(H,15,16,19);1,4-5,9-10,16,18-19H,2,6H2,(H,14,17);3-4,8-9,17-18H,1,5H2,2H3,(H2,14,15);3-4,8-9,16,18H,1,5H2,2H3,(H,14,17)/t2*10-,11+,12+,13+;3*9-,10+,11+,12+;2*8-,9+,10+,11+/m0000000/s1. The van der Waals surface area contributed by atoms with Crippen LogP contribution in [0.5, 0.6) is 0 Å². The number of ether oxygens (including phenoxy) is 7. The highest BCUT2D eigenvalue weighted by atomic mass is 19.2. The van der Waals surface area contributed by atoms with Gasteiger partial charge in [-0.05, 0) is 68.4 Å². The molecule has 0 unspecified atom stereocenters. The van der Waals surface area contributed by atoms with E-state index >= 15 is 0 Å². The number of hydrogen-bond donors (Lipinski definition) is 24. The average Bonchev–Trinajstić information content (AvgIpc) is 1.57. The number of aromatic amines is 4. The maximum absolute atomic E-state index is 14.8. The van der Waals surface area contributed by atoms with Gasteiger partial charge in [-0.15, -0.1) is 12.8 Å². The molecule has 808 valence electrons. The fraction of sp³-hybridized carbons (Fsp3) is 0.536. The molecule has 7 fully saturated rings. The van der Waals surface area contributed by atoms with Gasteiger partial charge >= 0.3 is 0 Å². The first-order valence-electron chi connectivity index (χ1n) is 43.2. The first kappa shape index (κ1) is 114. The quantitative estimate of drug-likeness (QED) is 0.0335. The summed E-state index contributed by atoms with van der Waals surface area (Å²) in [6.07, 6.45) is -3.90. The molecule has 148 heavy (non-hydrogen) atoms. The number of imidazole rings is 4. The average molecular weight is 2120 g/mol. The van der Waals surface area contributed by atoms with Gasteiger partial charge < -0.3 is 171 Å². The number of nitrogens with one attached hydrogen (secondary N) is 6. The Bertz CT molecular complexity index is 6790. The molecule has 53 nitrogen and oxygen atoms in total. The largest absolute Gasteiger partial charge is 0.393 e. The van der Waals surface area contributed by atoms with Crippen molar-refractivity contribution in [2.75, 3.05) is 52.9 Å². The van der Waals surface area contributed by atoms with E-state index in [4.69, 9.17) is 82.4 Å². The first-order valence-corrected chi connectivity index (χ1v) is 43.2. The fourth-order valence-corrected chi connectivity index (χ4v) is 16.8. The molecule has 10 aliphatic rings. The lowest BCUT2D eigenvalue weighted by Crippen LogP contribution is -2.55. The van der Waals surface area contributed by atoms with Crippen LogP contribution in [0, 0.1) is 52.4 Å². The molecule has 0 aromatic carbocycles. The molecule has 8 aromatic heterocycles. The van der Waals surface area contributed by atoms with E-state index < -0.39 is 254 Å². The number of H-pyrrole nitrogens is 4. The van der Waals surface area contributed by atoms with E-state index in [0.717, 1.165) is 87.2 Å². The lowest BCUT2D eigenvalue weighted by molar-refractivity contribution is -0.210. The number of carbonyl (C=O) groups excluding carboxylic acids is 2. The SMILES string of the molecule is C#C[C@]1(O)[C@H](N2C=CC(=O)NC2=C)O[C@](F)(CO)[C@H]1O.C#C[C@]1(O)[C@H](n2cnc3c(=O)[nH]c(C)nc32)O[C@](F)(CO)[C@H]1F.C=C1N=C(N)C=CN1[C@@H]1O[C@](F)(CO)[C@@H](O)[C@@]1(C)F.C=C1NC(=O)C=CN1[C@@H]1O[C@](F)(CO)[C@@H](O)[C@@]1(C)F.Cc1nc2c(ncn2[C@@H]2O[C@@](CO)(CF)[C@@H](O)[C@@]2(C)O)c(=O)[nH]1.Cc1nc2c(ncn2[C@@H]2O[C@](F)(CO)[C@@H](O)[C@@]2(C)F)c(=O)[nH]1.Cc1nc2c(ncn2[C@@H]2O[C@](F)(CO)[C@@H](O)[C@@]2(C)O)c(=O)[nH]1. The normalized spacial score (nSPS) is 37.6. The van der Waals surface area contributed by atoms with Gasteiger partial charge in [-0.1, -0.05) is 31.6 Å². The van der Waals surface area contributed by atoms with Crippen LogP contribution in [0.1, 0.15) is 82.8 Å². The number of amidine groups is 1. The lowest BCUT2D eigenvalue weighted by atomic mass is 9.88. The van der Waals surface area contributed by atoms with E-state index in [0.29, 0.717) is 11.6 Å². The molecule has 28 atom stereocenters.